The Hall–Kier alpha value is -1.83. The van der Waals surface area contributed by atoms with Crippen LogP contribution in [0.2, 0.25) is 0 Å². The second-order valence-corrected chi connectivity index (χ2v) is 4.68. The minimum absolute atomic E-state index is 0.148. The van der Waals surface area contributed by atoms with E-state index in [2.05, 4.69) is 31.3 Å². The molecule has 0 unspecified atom stereocenters. The maximum Gasteiger partial charge on any atom is 0.126 e. The Morgan fingerprint density at radius 3 is 2.50 bits per heavy atom. The number of rotatable bonds is 3. The van der Waals surface area contributed by atoms with Crippen molar-refractivity contribution in [3.05, 3.63) is 64.5 Å². The van der Waals surface area contributed by atoms with Crippen LogP contribution in [0.25, 0.3) is 0 Å². The maximum atomic E-state index is 13.2. The Labute approximate surface area is 108 Å². The number of nitrogens with one attached hydrogen (secondary N) is 1. The zero-order valence-electron chi connectivity index (χ0n) is 11.0. The van der Waals surface area contributed by atoms with Gasteiger partial charge in [-0.3, -0.25) is 0 Å². The molecule has 0 aliphatic carbocycles. The monoisotopic (exact) mass is 243 g/mol. The molecule has 94 valence electrons. The van der Waals surface area contributed by atoms with Crippen LogP contribution < -0.4 is 5.32 Å². The van der Waals surface area contributed by atoms with E-state index in [0.717, 1.165) is 11.3 Å². The second-order valence-electron chi connectivity index (χ2n) is 4.68. The highest BCUT2D eigenvalue weighted by molar-refractivity contribution is 5.53. The fourth-order valence-corrected chi connectivity index (χ4v) is 1.96. The lowest BCUT2D eigenvalue weighted by molar-refractivity contribution is 0.617. The molecule has 1 nitrogen and oxygen atoms in total. The van der Waals surface area contributed by atoms with E-state index in [1.807, 2.05) is 18.2 Å². The van der Waals surface area contributed by atoms with E-state index in [1.54, 1.807) is 6.92 Å². The van der Waals surface area contributed by atoms with Gasteiger partial charge in [0.05, 0.1) is 0 Å². The molecule has 0 saturated carbocycles. The average molecular weight is 243 g/mol. The van der Waals surface area contributed by atoms with E-state index in [1.165, 1.54) is 17.2 Å². The molecule has 0 atom stereocenters. The highest BCUT2D eigenvalue weighted by atomic mass is 19.1. The molecule has 0 spiro atoms. The summed E-state index contributed by atoms with van der Waals surface area (Å²) in [5, 5.41) is 3.39. The highest BCUT2D eigenvalue weighted by Gasteiger charge is 2.02. The van der Waals surface area contributed by atoms with Crippen LogP contribution in [0.1, 0.15) is 22.3 Å². The summed E-state index contributed by atoms with van der Waals surface area (Å²) in [5.74, 6) is -0.148. The van der Waals surface area contributed by atoms with Gasteiger partial charge in [-0.1, -0.05) is 24.3 Å². The van der Waals surface area contributed by atoms with Gasteiger partial charge in [0.2, 0.25) is 0 Å². The van der Waals surface area contributed by atoms with Gasteiger partial charge in [-0.2, -0.15) is 0 Å². The molecule has 1 N–H and O–H groups in total. The summed E-state index contributed by atoms with van der Waals surface area (Å²) in [7, 11) is 0. The molecule has 18 heavy (non-hydrogen) atoms. The van der Waals surface area contributed by atoms with Gasteiger partial charge < -0.3 is 5.32 Å². The molecular weight excluding hydrogens is 225 g/mol. The molecule has 2 rings (SSSR count). The van der Waals surface area contributed by atoms with Gasteiger partial charge in [0.15, 0.2) is 0 Å². The smallest absolute Gasteiger partial charge is 0.126 e. The predicted octanol–water partition coefficient (Wildman–Crippen LogP) is 4.36. The van der Waals surface area contributed by atoms with Gasteiger partial charge >= 0.3 is 0 Å². The fourth-order valence-electron chi connectivity index (χ4n) is 1.96. The lowest BCUT2D eigenvalue weighted by Crippen LogP contribution is -2.02. The van der Waals surface area contributed by atoms with Gasteiger partial charge in [-0.05, 0) is 55.2 Å². The van der Waals surface area contributed by atoms with Gasteiger partial charge in [-0.15, -0.1) is 0 Å². The minimum Gasteiger partial charge on any atom is -0.381 e. The Morgan fingerprint density at radius 2 is 1.78 bits per heavy atom. The molecule has 0 aromatic heterocycles. The summed E-state index contributed by atoms with van der Waals surface area (Å²) in [5.41, 5.74) is 5.45. The van der Waals surface area contributed by atoms with E-state index in [0.29, 0.717) is 12.1 Å². The Morgan fingerprint density at radius 1 is 1.00 bits per heavy atom. The molecule has 2 aromatic carbocycles. The van der Waals surface area contributed by atoms with Crippen molar-refractivity contribution >= 4 is 5.69 Å². The van der Waals surface area contributed by atoms with E-state index >= 15 is 0 Å². The number of halogens is 1. The molecule has 0 saturated heterocycles. The quantitative estimate of drug-likeness (QED) is 0.844. The first-order valence-corrected chi connectivity index (χ1v) is 6.13. The van der Waals surface area contributed by atoms with Gasteiger partial charge in [0, 0.05) is 12.2 Å². The van der Waals surface area contributed by atoms with Crippen molar-refractivity contribution in [2.24, 2.45) is 0 Å². The van der Waals surface area contributed by atoms with Crippen molar-refractivity contribution in [2.75, 3.05) is 5.32 Å². The number of hydrogen-bond acceptors (Lipinski definition) is 1. The summed E-state index contributed by atoms with van der Waals surface area (Å²) in [6, 6.07) is 11.4. The molecule has 0 aliphatic rings. The topological polar surface area (TPSA) is 12.0 Å². The van der Waals surface area contributed by atoms with Crippen LogP contribution in [0.4, 0.5) is 10.1 Å². The van der Waals surface area contributed by atoms with Crippen LogP contribution in [0, 0.1) is 26.6 Å². The normalized spacial score (nSPS) is 10.4. The number of aryl methyl sites for hydroxylation is 2. The number of benzene rings is 2. The van der Waals surface area contributed by atoms with Crippen molar-refractivity contribution in [3.63, 3.8) is 0 Å². The van der Waals surface area contributed by atoms with Crippen molar-refractivity contribution < 1.29 is 4.39 Å². The molecule has 0 aliphatic heterocycles. The summed E-state index contributed by atoms with van der Waals surface area (Å²) >= 11 is 0. The number of anilines is 1. The summed E-state index contributed by atoms with van der Waals surface area (Å²) in [6.07, 6.45) is 0. The van der Waals surface area contributed by atoms with Crippen molar-refractivity contribution in [1.29, 1.82) is 0 Å². The van der Waals surface area contributed by atoms with Crippen LogP contribution in [0.3, 0.4) is 0 Å². The van der Waals surface area contributed by atoms with Crippen molar-refractivity contribution in [1.82, 2.24) is 0 Å². The van der Waals surface area contributed by atoms with Crippen LogP contribution >= 0.6 is 0 Å². The first-order chi connectivity index (χ1) is 8.58. The molecule has 2 aromatic rings. The zero-order valence-corrected chi connectivity index (χ0v) is 11.0. The van der Waals surface area contributed by atoms with E-state index in [-0.39, 0.29) is 5.82 Å². The number of hydrogen-bond donors (Lipinski definition) is 1. The third-order valence-electron chi connectivity index (χ3n) is 3.31. The largest absolute Gasteiger partial charge is 0.381 e. The molecule has 0 amide bonds. The van der Waals surface area contributed by atoms with Crippen LogP contribution in [-0.4, -0.2) is 0 Å². The summed E-state index contributed by atoms with van der Waals surface area (Å²) in [6.45, 7) is 6.71. The van der Waals surface area contributed by atoms with Gasteiger partial charge in [0.1, 0.15) is 5.82 Å². The van der Waals surface area contributed by atoms with E-state index in [4.69, 9.17) is 0 Å². The molecule has 0 radical (unpaired) electrons. The van der Waals surface area contributed by atoms with Crippen molar-refractivity contribution in [3.8, 4) is 0 Å². The molecule has 0 fully saturated rings. The first-order valence-electron chi connectivity index (χ1n) is 6.13. The molecular formula is C16H18FN. The Balaban J connectivity index is 2.11. The lowest BCUT2D eigenvalue weighted by atomic mass is 10.1. The fraction of sp³-hybridized carbons (Fsp3) is 0.250. The standard InChI is InChI=1S/C16H18FN/c1-11-5-4-6-16(13(11)3)18-10-14-7-8-15(17)12(2)9-14/h4-9,18H,10H2,1-3H3. The van der Waals surface area contributed by atoms with E-state index in [9.17, 15) is 4.39 Å². The zero-order chi connectivity index (χ0) is 13.1. The van der Waals surface area contributed by atoms with Crippen LogP contribution in [0.5, 0.6) is 0 Å². The average Bonchev–Trinajstić information content (AvgIpc) is 2.35. The summed E-state index contributed by atoms with van der Waals surface area (Å²) < 4.78 is 13.2. The first kappa shape index (κ1) is 12.6. The molecule has 0 heterocycles. The Kier molecular flexibility index (Phi) is 3.66. The lowest BCUT2D eigenvalue weighted by Gasteiger charge is -2.12. The van der Waals surface area contributed by atoms with E-state index < -0.39 is 0 Å². The SMILES string of the molecule is Cc1cc(CNc2cccc(C)c2C)ccc1F. The van der Waals surface area contributed by atoms with Crippen LogP contribution in [0.15, 0.2) is 36.4 Å². The van der Waals surface area contributed by atoms with Crippen LogP contribution in [-0.2, 0) is 6.54 Å². The molecule has 2 heteroatoms. The van der Waals surface area contributed by atoms with Crippen molar-refractivity contribution in [2.45, 2.75) is 27.3 Å². The predicted molar refractivity (Wildman–Crippen MR) is 74.4 cm³/mol. The van der Waals surface area contributed by atoms with Gasteiger partial charge in [0.25, 0.3) is 0 Å². The molecule has 0 bridgehead atoms. The Bertz CT molecular complexity index is 561. The van der Waals surface area contributed by atoms with Gasteiger partial charge in [-0.25, -0.2) is 4.39 Å². The highest BCUT2D eigenvalue weighted by Crippen LogP contribution is 2.19. The third kappa shape index (κ3) is 2.70. The summed E-state index contributed by atoms with van der Waals surface area (Å²) in [4.78, 5) is 0. The second kappa shape index (κ2) is 5.21. The third-order valence-corrected chi connectivity index (χ3v) is 3.31. The maximum absolute atomic E-state index is 13.2. The minimum atomic E-state index is -0.148.